The van der Waals surface area contributed by atoms with Crippen molar-refractivity contribution in [2.24, 2.45) is 0 Å². The van der Waals surface area contributed by atoms with Gasteiger partial charge in [0.15, 0.2) is 0 Å². The van der Waals surface area contributed by atoms with Gasteiger partial charge in [-0.1, -0.05) is 68.4 Å². The predicted octanol–water partition coefficient (Wildman–Crippen LogP) is 3.58. The molecule has 4 rings (SSSR count). The van der Waals surface area contributed by atoms with Gasteiger partial charge >= 0.3 is 0 Å². The van der Waals surface area contributed by atoms with Gasteiger partial charge in [0.1, 0.15) is 18.6 Å². The van der Waals surface area contributed by atoms with E-state index in [4.69, 9.17) is 4.42 Å². The normalized spacial score (nSPS) is 19.0. The van der Waals surface area contributed by atoms with Crippen LogP contribution in [-0.2, 0) is 16.0 Å². The van der Waals surface area contributed by atoms with Gasteiger partial charge in [0.05, 0.1) is 12.6 Å². The fraction of sp³-hybridized carbons (Fsp3) is 0.360. The Labute approximate surface area is 192 Å². The highest BCUT2D eigenvalue weighted by Crippen LogP contribution is 2.27. The van der Waals surface area contributed by atoms with E-state index in [1.807, 2.05) is 42.5 Å². The van der Waals surface area contributed by atoms with Crippen molar-refractivity contribution >= 4 is 11.8 Å². The molecule has 2 heterocycles. The summed E-state index contributed by atoms with van der Waals surface area (Å²) in [6.45, 7) is 4.11. The number of amides is 2. The number of aromatic nitrogens is 2. The van der Waals surface area contributed by atoms with Crippen LogP contribution in [0, 0.1) is 0 Å². The molecular formula is C25H27FN4O3. The number of nitrogens with zero attached hydrogens (tertiary/aromatic N) is 3. The number of alkyl halides is 1. The molecule has 1 aliphatic rings. The highest BCUT2D eigenvalue weighted by Gasteiger charge is 2.40. The second-order valence-electron chi connectivity index (χ2n) is 8.58. The van der Waals surface area contributed by atoms with Crippen LogP contribution in [0.15, 0.2) is 65.4 Å². The van der Waals surface area contributed by atoms with E-state index in [9.17, 15) is 14.0 Å². The van der Waals surface area contributed by atoms with Crippen LogP contribution in [-0.4, -0.2) is 45.7 Å². The number of rotatable bonds is 7. The molecule has 1 N–H and O–H groups in total. The van der Waals surface area contributed by atoms with E-state index in [0.717, 1.165) is 17.5 Å². The van der Waals surface area contributed by atoms with Crippen LogP contribution >= 0.6 is 0 Å². The van der Waals surface area contributed by atoms with Gasteiger partial charge < -0.3 is 14.6 Å². The van der Waals surface area contributed by atoms with Crippen molar-refractivity contribution in [3.8, 4) is 0 Å². The van der Waals surface area contributed by atoms with Crippen LogP contribution < -0.4 is 5.32 Å². The second-order valence-corrected chi connectivity index (χ2v) is 8.58. The van der Waals surface area contributed by atoms with Crippen LogP contribution in [0.3, 0.4) is 0 Å². The number of carbonyl (C=O) groups is 2. The molecular weight excluding hydrogens is 423 g/mol. The molecule has 0 bridgehead atoms. The Hall–Kier alpha value is -3.55. The maximum Gasteiger partial charge on any atom is 0.243 e. The molecule has 8 heteroatoms. The minimum Gasteiger partial charge on any atom is -0.427 e. The lowest BCUT2D eigenvalue weighted by Crippen LogP contribution is -2.47. The molecule has 172 valence electrons. The summed E-state index contributed by atoms with van der Waals surface area (Å²) in [4.78, 5) is 27.3. The molecule has 1 saturated heterocycles. The van der Waals surface area contributed by atoms with Gasteiger partial charge in [-0.05, 0) is 22.6 Å². The first kappa shape index (κ1) is 22.6. The summed E-state index contributed by atoms with van der Waals surface area (Å²) in [5.41, 5.74) is 3.02. The van der Waals surface area contributed by atoms with Gasteiger partial charge in [-0.3, -0.25) is 9.59 Å². The standard InChI is InChI=1S/C25H27FN4O3/c1-16(2)17-8-10-19(11-9-17)24(18-6-4-3-5-7-18)28-25(32)21-12-20(26)14-30(21)23(31)13-22-29-27-15-33-22/h3-11,15-16,20-21,24H,12-14H2,1-2H3,(H,28,32)/t20-,21-,24+/m1/s1. The highest BCUT2D eigenvalue weighted by atomic mass is 19.1. The quantitative estimate of drug-likeness (QED) is 0.594. The number of halogens is 1. The third-order valence-electron chi connectivity index (χ3n) is 5.94. The molecule has 1 aliphatic heterocycles. The lowest BCUT2D eigenvalue weighted by Gasteiger charge is -2.27. The topological polar surface area (TPSA) is 88.3 Å². The third kappa shape index (κ3) is 5.27. The molecule has 0 aliphatic carbocycles. The van der Waals surface area contributed by atoms with E-state index < -0.39 is 30.1 Å². The van der Waals surface area contributed by atoms with E-state index in [-0.39, 0.29) is 25.3 Å². The van der Waals surface area contributed by atoms with E-state index in [1.165, 1.54) is 10.5 Å². The Bertz CT molecular complexity index is 1070. The molecule has 2 aromatic carbocycles. The molecule has 7 nitrogen and oxygen atoms in total. The van der Waals surface area contributed by atoms with E-state index >= 15 is 0 Å². The number of hydrogen-bond donors (Lipinski definition) is 1. The second kappa shape index (κ2) is 9.94. The van der Waals surface area contributed by atoms with Crippen molar-refractivity contribution in [2.75, 3.05) is 6.54 Å². The summed E-state index contributed by atoms with van der Waals surface area (Å²) in [7, 11) is 0. The minimum absolute atomic E-state index is 0.0464. The van der Waals surface area contributed by atoms with Crippen molar-refractivity contribution in [1.82, 2.24) is 20.4 Å². The summed E-state index contributed by atoms with van der Waals surface area (Å²) in [5, 5.41) is 10.3. The van der Waals surface area contributed by atoms with Gasteiger partial charge in [0, 0.05) is 6.42 Å². The predicted molar refractivity (Wildman–Crippen MR) is 120 cm³/mol. The first-order valence-electron chi connectivity index (χ1n) is 11.1. The Kier molecular flexibility index (Phi) is 6.82. The minimum atomic E-state index is -1.27. The maximum absolute atomic E-state index is 14.3. The maximum atomic E-state index is 14.3. The number of carbonyl (C=O) groups excluding carboxylic acids is 2. The molecule has 0 spiro atoms. The largest absolute Gasteiger partial charge is 0.427 e. The van der Waals surface area contributed by atoms with E-state index in [1.54, 1.807) is 0 Å². The zero-order valence-electron chi connectivity index (χ0n) is 18.6. The SMILES string of the molecule is CC(C)c1ccc([C@@H](NC(=O)[C@H]2C[C@@H](F)CN2C(=O)Cc2nnco2)c2ccccc2)cc1. The average molecular weight is 451 g/mol. The number of benzene rings is 2. The molecule has 0 unspecified atom stereocenters. The van der Waals surface area contributed by atoms with Gasteiger partial charge in [0.2, 0.25) is 24.1 Å². The summed E-state index contributed by atoms with van der Waals surface area (Å²) < 4.78 is 19.3. The zero-order valence-corrected chi connectivity index (χ0v) is 18.6. The number of likely N-dealkylation sites (tertiary alicyclic amines) is 1. The average Bonchev–Trinajstić information content (AvgIpc) is 3.47. The van der Waals surface area contributed by atoms with Gasteiger partial charge in [-0.15, -0.1) is 10.2 Å². The van der Waals surface area contributed by atoms with Crippen molar-refractivity contribution in [1.29, 1.82) is 0 Å². The zero-order chi connectivity index (χ0) is 23.4. The number of nitrogens with one attached hydrogen (secondary N) is 1. The van der Waals surface area contributed by atoms with Crippen molar-refractivity contribution in [2.45, 2.75) is 50.9 Å². The summed E-state index contributed by atoms with van der Waals surface area (Å²) in [6, 6.07) is 16.4. The molecule has 0 radical (unpaired) electrons. The fourth-order valence-corrected chi connectivity index (χ4v) is 4.13. The van der Waals surface area contributed by atoms with Crippen molar-refractivity contribution < 1.29 is 18.4 Å². The Morgan fingerprint density at radius 3 is 2.39 bits per heavy atom. The smallest absolute Gasteiger partial charge is 0.243 e. The molecule has 2 amide bonds. The molecule has 3 atom stereocenters. The summed E-state index contributed by atoms with van der Waals surface area (Å²) in [6.07, 6.45) is -0.360. The molecule has 33 heavy (non-hydrogen) atoms. The Balaban J connectivity index is 1.56. The van der Waals surface area contributed by atoms with Crippen LogP contribution in [0.2, 0.25) is 0 Å². The number of hydrogen-bond acceptors (Lipinski definition) is 5. The van der Waals surface area contributed by atoms with Gasteiger partial charge in [-0.25, -0.2) is 4.39 Å². The summed E-state index contributed by atoms with van der Waals surface area (Å²) in [5.74, 6) is -0.288. The highest BCUT2D eigenvalue weighted by molar-refractivity contribution is 5.89. The molecule has 0 saturated carbocycles. The lowest BCUT2D eigenvalue weighted by molar-refractivity contribution is -0.138. The summed E-state index contributed by atoms with van der Waals surface area (Å²) >= 11 is 0. The monoisotopic (exact) mass is 450 g/mol. The van der Waals surface area contributed by atoms with Crippen LogP contribution in [0.4, 0.5) is 4.39 Å². The molecule has 3 aromatic rings. The Morgan fingerprint density at radius 1 is 1.09 bits per heavy atom. The first-order chi connectivity index (χ1) is 15.9. The van der Waals surface area contributed by atoms with Crippen LogP contribution in [0.1, 0.15) is 54.8 Å². The van der Waals surface area contributed by atoms with E-state index in [2.05, 4.69) is 41.5 Å². The van der Waals surface area contributed by atoms with Crippen molar-refractivity contribution in [3.05, 3.63) is 83.6 Å². The van der Waals surface area contributed by atoms with Crippen LogP contribution in [0.5, 0.6) is 0 Å². The molecule has 1 fully saturated rings. The van der Waals surface area contributed by atoms with E-state index in [0.29, 0.717) is 5.92 Å². The van der Waals surface area contributed by atoms with Crippen molar-refractivity contribution in [3.63, 3.8) is 0 Å². The van der Waals surface area contributed by atoms with Gasteiger partial charge in [-0.2, -0.15) is 0 Å². The fourth-order valence-electron chi connectivity index (χ4n) is 4.13. The van der Waals surface area contributed by atoms with Crippen LogP contribution in [0.25, 0.3) is 0 Å². The van der Waals surface area contributed by atoms with Gasteiger partial charge in [0.25, 0.3) is 0 Å². The third-order valence-corrected chi connectivity index (χ3v) is 5.94. The lowest BCUT2D eigenvalue weighted by atomic mass is 9.95. The Morgan fingerprint density at radius 2 is 1.76 bits per heavy atom. The first-order valence-corrected chi connectivity index (χ1v) is 11.1. The molecule has 1 aromatic heterocycles.